The van der Waals surface area contributed by atoms with Gasteiger partial charge in [-0.05, 0) is 7.05 Å². The van der Waals surface area contributed by atoms with E-state index in [9.17, 15) is 0 Å². The van der Waals surface area contributed by atoms with Gasteiger partial charge in [0.2, 0.25) is 0 Å². The molecular weight excluding hydrogens is 192 g/mol. The molecule has 6 heteroatoms. The van der Waals surface area contributed by atoms with Gasteiger partial charge in [0.05, 0.1) is 18.1 Å². The van der Waals surface area contributed by atoms with Crippen molar-refractivity contribution in [3.8, 4) is 0 Å². The smallest absolute Gasteiger partial charge is 0.166 e. The highest BCUT2D eigenvalue weighted by atomic mass is 15.7. The van der Waals surface area contributed by atoms with Gasteiger partial charge in [-0.25, -0.2) is 10.4 Å². The van der Waals surface area contributed by atoms with Crippen molar-refractivity contribution >= 4 is 5.82 Å². The van der Waals surface area contributed by atoms with Crippen molar-refractivity contribution in [3.63, 3.8) is 0 Å². The Labute approximate surface area is 89.4 Å². The molecule has 0 aliphatic heterocycles. The number of hydrogen-bond donors (Lipinski definition) is 3. The Morgan fingerprint density at radius 3 is 2.67 bits per heavy atom. The molecule has 0 saturated heterocycles. The summed E-state index contributed by atoms with van der Waals surface area (Å²) in [5.74, 6) is 0.680. The first-order valence-electron chi connectivity index (χ1n) is 4.61. The van der Waals surface area contributed by atoms with Gasteiger partial charge in [0.25, 0.3) is 0 Å². The Balaban J connectivity index is 2.72. The van der Waals surface area contributed by atoms with Gasteiger partial charge >= 0.3 is 0 Å². The predicted octanol–water partition coefficient (Wildman–Crippen LogP) is -0.215. The normalized spacial score (nSPS) is 10.0. The lowest BCUT2D eigenvalue weighted by atomic mass is 10.4. The van der Waals surface area contributed by atoms with Crippen molar-refractivity contribution in [2.24, 2.45) is 0 Å². The first-order valence-corrected chi connectivity index (χ1v) is 4.61. The zero-order valence-corrected chi connectivity index (χ0v) is 8.99. The summed E-state index contributed by atoms with van der Waals surface area (Å²) in [6.45, 7) is 4.37. The van der Waals surface area contributed by atoms with Crippen molar-refractivity contribution in [2.75, 3.05) is 19.1 Å². The summed E-state index contributed by atoms with van der Waals surface area (Å²) >= 11 is 0. The van der Waals surface area contributed by atoms with Gasteiger partial charge in [-0.3, -0.25) is 9.99 Å². The molecule has 0 unspecified atom stereocenters. The molecule has 6 nitrogen and oxygen atoms in total. The van der Waals surface area contributed by atoms with Crippen LogP contribution in [0, 0.1) is 0 Å². The van der Waals surface area contributed by atoms with E-state index in [0.29, 0.717) is 12.4 Å². The second kappa shape index (κ2) is 6.07. The van der Waals surface area contributed by atoms with E-state index in [0.717, 1.165) is 5.69 Å². The Kier molecular flexibility index (Phi) is 4.69. The molecule has 15 heavy (non-hydrogen) atoms. The molecular formula is C9H16N6. The van der Waals surface area contributed by atoms with E-state index >= 15 is 0 Å². The van der Waals surface area contributed by atoms with E-state index in [1.807, 2.05) is 7.05 Å². The predicted molar refractivity (Wildman–Crippen MR) is 59.7 cm³/mol. The maximum atomic E-state index is 4.24. The molecule has 1 aromatic rings. The molecule has 0 bridgehead atoms. The standard InChI is InChI=1S/C9H16N6/c1-4-15(14-11-3)9-7-12-8(5-10-2)6-13-9/h4,6-7,10-11,14H,1,5H2,2-3H3. The average Bonchev–Trinajstić information content (AvgIpc) is 2.28. The number of hydrogen-bond acceptors (Lipinski definition) is 6. The van der Waals surface area contributed by atoms with Gasteiger partial charge in [0, 0.05) is 19.8 Å². The van der Waals surface area contributed by atoms with Gasteiger partial charge in [-0.2, -0.15) is 5.53 Å². The SMILES string of the molecule is C=CN(NNC)c1cnc(CNC)cn1. The van der Waals surface area contributed by atoms with Gasteiger partial charge in [0.15, 0.2) is 5.82 Å². The number of anilines is 1. The van der Waals surface area contributed by atoms with Crippen LogP contribution < -0.4 is 21.3 Å². The van der Waals surface area contributed by atoms with Crippen molar-refractivity contribution in [3.05, 3.63) is 30.9 Å². The third kappa shape index (κ3) is 3.28. The van der Waals surface area contributed by atoms with E-state index in [1.54, 1.807) is 30.7 Å². The number of rotatable bonds is 6. The summed E-state index contributed by atoms with van der Waals surface area (Å²) in [6, 6.07) is 0. The Hall–Kier alpha value is -1.50. The number of aromatic nitrogens is 2. The molecule has 1 aromatic heterocycles. The van der Waals surface area contributed by atoms with Crippen LogP contribution in [0.15, 0.2) is 25.2 Å². The highest BCUT2D eigenvalue weighted by Gasteiger charge is 2.02. The molecule has 0 saturated carbocycles. The lowest BCUT2D eigenvalue weighted by molar-refractivity contribution is 0.598. The van der Waals surface area contributed by atoms with Crippen molar-refractivity contribution in [2.45, 2.75) is 6.54 Å². The fraction of sp³-hybridized carbons (Fsp3) is 0.333. The maximum absolute atomic E-state index is 4.24. The molecule has 0 aliphatic rings. The van der Waals surface area contributed by atoms with Crippen molar-refractivity contribution in [1.29, 1.82) is 0 Å². The Morgan fingerprint density at radius 1 is 1.40 bits per heavy atom. The van der Waals surface area contributed by atoms with Gasteiger partial charge in [-0.15, -0.1) is 0 Å². The summed E-state index contributed by atoms with van der Waals surface area (Å²) in [7, 11) is 3.63. The molecule has 0 fully saturated rings. The lowest BCUT2D eigenvalue weighted by Crippen LogP contribution is -2.42. The topological polar surface area (TPSA) is 65.1 Å². The van der Waals surface area contributed by atoms with Crippen LogP contribution in [-0.4, -0.2) is 24.1 Å². The second-order valence-electron chi connectivity index (χ2n) is 2.81. The number of nitrogens with one attached hydrogen (secondary N) is 3. The summed E-state index contributed by atoms with van der Waals surface area (Å²) in [5, 5.41) is 4.64. The second-order valence-corrected chi connectivity index (χ2v) is 2.81. The van der Waals surface area contributed by atoms with E-state index < -0.39 is 0 Å². The molecule has 0 aliphatic carbocycles. The van der Waals surface area contributed by atoms with Crippen LogP contribution in [0.4, 0.5) is 5.82 Å². The molecule has 0 atom stereocenters. The van der Waals surface area contributed by atoms with Crippen LogP contribution in [0.1, 0.15) is 5.69 Å². The summed E-state index contributed by atoms with van der Waals surface area (Å²) < 4.78 is 0. The van der Waals surface area contributed by atoms with Crippen LogP contribution in [0.3, 0.4) is 0 Å². The van der Waals surface area contributed by atoms with Crippen LogP contribution >= 0.6 is 0 Å². The monoisotopic (exact) mass is 208 g/mol. The Bertz CT molecular complexity index is 296. The minimum Gasteiger partial charge on any atom is -0.314 e. The average molecular weight is 208 g/mol. The van der Waals surface area contributed by atoms with Crippen molar-refractivity contribution in [1.82, 2.24) is 26.2 Å². The van der Waals surface area contributed by atoms with Gasteiger partial charge < -0.3 is 5.32 Å². The Morgan fingerprint density at radius 2 is 2.20 bits per heavy atom. The molecule has 1 heterocycles. The highest BCUT2D eigenvalue weighted by molar-refractivity contribution is 5.37. The lowest BCUT2D eigenvalue weighted by Gasteiger charge is -2.18. The molecule has 0 radical (unpaired) electrons. The molecule has 0 aromatic carbocycles. The fourth-order valence-electron chi connectivity index (χ4n) is 1.06. The van der Waals surface area contributed by atoms with Crippen LogP contribution in [0.25, 0.3) is 0 Å². The zero-order chi connectivity index (χ0) is 11.1. The van der Waals surface area contributed by atoms with E-state index in [4.69, 9.17) is 0 Å². The largest absolute Gasteiger partial charge is 0.314 e. The third-order valence-corrected chi connectivity index (χ3v) is 1.71. The quantitative estimate of drug-likeness (QED) is 0.562. The number of hydrazine groups is 2. The molecule has 82 valence electrons. The highest BCUT2D eigenvalue weighted by Crippen LogP contribution is 2.05. The summed E-state index contributed by atoms with van der Waals surface area (Å²) in [5.41, 5.74) is 6.53. The fourth-order valence-corrected chi connectivity index (χ4v) is 1.06. The van der Waals surface area contributed by atoms with Gasteiger partial charge in [0.1, 0.15) is 0 Å². The maximum Gasteiger partial charge on any atom is 0.166 e. The van der Waals surface area contributed by atoms with E-state index in [-0.39, 0.29) is 0 Å². The summed E-state index contributed by atoms with van der Waals surface area (Å²) in [4.78, 5) is 8.47. The third-order valence-electron chi connectivity index (χ3n) is 1.71. The minimum absolute atomic E-state index is 0.680. The van der Waals surface area contributed by atoms with Crippen LogP contribution in [0.2, 0.25) is 0 Å². The summed E-state index contributed by atoms with van der Waals surface area (Å²) in [6.07, 6.45) is 5.01. The first-order chi connectivity index (χ1) is 7.31. The molecule has 3 N–H and O–H groups in total. The van der Waals surface area contributed by atoms with E-state index in [2.05, 4.69) is 32.8 Å². The first kappa shape index (κ1) is 11.6. The van der Waals surface area contributed by atoms with Crippen LogP contribution in [0.5, 0.6) is 0 Å². The number of nitrogens with zero attached hydrogens (tertiary/aromatic N) is 3. The van der Waals surface area contributed by atoms with Crippen LogP contribution in [-0.2, 0) is 6.54 Å². The molecule has 1 rings (SSSR count). The van der Waals surface area contributed by atoms with Crippen molar-refractivity contribution < 1.29 is 0 Å². The van der Waals surface area contributed by atoms with E-state index in [1.165, 1.54) is 0 Å². The van der Waals surface area contributed by atoms with Gasteiger partial charge in [-0.1, -0.05) is 6.58 Å². The molecule has 0 amide bonds. The zero-order valence-electron chi connectivity index (χ0n) is 8.99. The molecule has 0 spiro atoms. The minimum atomic E-state index is 0.680.